The number of aryl methyl sites for hydroxylation is 2. The molecule has 27 heavy (non-hydrogen) atoms. The van der Waals surface area contributed by atoms with E-state index in [9.17, 15) is 13.2 Å². The lowest BCUT2D eigenvalue weighted by Crippen LogP contribution is -2.41. The number of sulfone groups is 1. The summed E-state index contributed by atoms with van der Waals surface area (Å²) in [5, 5.41) is 3.20. The van der Waals surface area contributed by atoms with Crippen LogP contribution in [-0.4, -0.2) is 53.3 Å². The van der Waals surface area contributed by atoms with Gasteiger partial charge in [-0.3, -0.25) is 4.79 Å². The molecule has 1 aromatic carbocycles. The van der Waals surface area contributed by atoms with Crippen molar-refractivity contribution < 1.29 is 13.2 Å². The lowest BCUT2D eigenvalue weighted by atomic mass is 10.1. The van der Waals surface area contributed by atoms with E-state index in [-0.39, 0.29) is 29.1 Å². The number of aromatic nitrogens is 2. The van der Waals surface area contributed by atoms with Gasteiger partial charge < -0.3 is 10.2 Å². The van der Waals surface area contributed by atoms with Crippen LogP contribution in [0, 0.1) is 13.8 Å². The number of amides is 1. The van der Waals surface area contributed by atoms with Gasteiger partial charge in [-0.1, -0.05) is 6.07 Å². The highest BCUT2D eigenvalue weighted by Gasteiger charge is 2.34. The Hall–Kier alpha value is -2.48. The highest BCUT2D eigenvalue weighted by atomic mass is 32.2. The van der Waals surface area contributed by atoms with Crippen LogP contribution in [0.1, 0.15) is 35.0 Å². The molecule has 2 aromatic rings. The van der Waals surface area contributed by atoms with Gasteiger partial charge in [0.25, 0.3) is 5.91 Å². The number of nitrogens with one attached hydrogen (secondary N) is 1. The van der Waals surface area contributed by atoms with E-state index >= 15 is 0 Å². The number of hydrogen-bond acceptors (Lipinski definition) is 6. The van der Waals surface area contributed by atoms with Crippen LogP contribution < -0.4 is 5.32 Å². The Morgan fingerprint density at radius 2 is 1.89 bits per heavy atom. The molecular weight excluding hydrogens is 364 g/mol. The molecule has 1 saturated heterocycles. The average Bonchev–Trinajstić information content (AvgIpc) is 2.94. The van der Waals surface area contributed by atoms with Crippen LogP contribution in [-0.2, 0) is 9.84 Å². The normalized spacial score (nSPS) is 18.3. The van der Waals surface area contributed by atoms with Gasteiger partial charge in [0, 0.05) is 24.3 Å². The molecule has 1 aliphatic heterocycles. The van der Waals surface area contributed by atoms with E-state index in [4.69, 9.17) is 0 Å². The number of hydrogen-bond donors (Lipinski definition) is 1. The maximum Gasteiger partial charge on any atom is 0.272 e. The second-order valence-electron chi connectivity index (χ2n) is 6.94. The minimum absolute atomic E-state index is 0.0192. The van der Waals surface area contributed by atoms with Gasteiger partial charge in [0.15, 0.2) is 9.84 Å². The van der Waals surface area contributed by atoms with Crippen molar-refractivity contribution in [1.29, 1.82) is 0 Å². The first-order chi connectivity index (χ1) is 12.8. The highest BCUT2D eigenvalue weighted by Crippen LogP contribution is 2.21. The summed E-state index contributed by atoms with van der Waals surface area (Å²) in [6.45, 7) is 6.31. The molecule has 3 rings (SSSR count). The molecule has 1 N–H and O–H groups in total. The zero-order valence-electron chi connectivity index (χ0n) is 15.8. The maximum absolute atomic E-state index is 12.9. The predicted molar refractivity (Wildman–Crippen MR) is 105 cm³/mol. The van der Waals surface area contributed by atoms with Crippen molar-refractivity contribution in [3.05, 3.63) is 47.4 Å². The van der Waals surface area contributed by atoms with Crippen molar-refractivity contribution in [2.75, 3.05) is 23.4 Å². The largest absolute Gasteiger partial charge is 0.340 e. The van der Waals surface area contributed by atoms with Crippen LogP contribution in [0.5, 0.6) is 0 Å². The van der Waals surface area contributed by atoms with E-state index in [0.717, 1.165) is 16.8 Å². The van der Waals surface area contributed by atoms with Crippen molar-refractivity contribution in [1.82, 2.24) is 14.9 Å². The van der Waals surface area contributed by atoms with Crippen LogP contribution >= 0.6 is 0 Å². The van der Waals surface area contributed by atoms with Crippen molar-refractivity contribution >= 4 is 27.2 Å². The quantitative estimate of drug-likeness (QED) is 0.846. The Labute approximate surface area is 159 Å². The fraction of sp³-hybridized carbons (Fsp3) is 0.421. The smallest absolute Gasteiger partial charge is 0.272 e. The fourth-order valence-electron chi connectivity index (χ4n) is 3.47. The standard InChI is InChI=1S/C19H24N4O3S/c1-4-23(16-5-6-27(25,26)11-16)19(24)17-10-18(21-12-20-17)22-15-8-13(2)7-14(3)9-15/h7-10,12,16H,4-6,11H2,1-3H3,(H,20,21,22). The first-order valence-electron chi connectivity index (χ1n) is 8.96. The number of carbonyl (C=O) groups excluding carboxylic acids is 1. The van der Waals surface area contributed by atoms with Crippen molar-refractivity contribution in [2.24, 2.45) is 0 Å². The maximum atomic E-state index is 12.9. The number of carbonyl (C=O) groups is 1. The number of nitrogens with zero attached hydrogens (tertiary/aromatic N) is 3. The summed E-state index contributed by atoms with van der Waals surface area (Å²) in [5.74, 6) is 0.398. The molecular formula is C19H24N4O3S. The molecule has 7 nitrogen and oxygen atoms in total. The van der Waals surface area contributed by atoms with E-state index in [1.54, 1.807) is 11.0 Å². The molecule has 2 heterocycles. The van der Waals surface area contributed by atoms with Crippen molar-refractivity contribution in [3.63, 3.8) is 0 Å². The van der Waals surface area contributed by atoms with E-state index < -0.39 is 9.84 Å². The number of anilines is 2. The number of rotatable bonds is 5. The Morgan fingerprint density at radius 1 is 1.19 bits per heavy atom. The van der Waals surface area contributed by atoms with Gasteiger partial charge in [-0.05, 0) is 50.5 Å². The van der Waals surface area contributed by atoms with Crippen LogP contribution in [0.2, 0.25) is 0 Å². The molecule has 0 saturated carbocycles. The topological polar surface area (TPSA) is 92.3 Å². The second-order valence-corrected chi connectivity index (χ2v) is 9.17. The van der Waals surface area contributed by atoms with Gasteiger partial charge in [-0.15, -0.1) is 0 Å². The Balaban J connectivity index is 1.80. The van der Waals surface area contributed by atoms with E-state index in [1.165, 1.54) is 6.33 Å². The third-order valence-electron chi connectivity index (χ3n) is 4.63. The minimum atomic E-state index is -3.06. The molecule has 1 aromatic heterocycles. The monoisotopic (exact) mass is 388 g/mol. The lowest BCUT2D eigenvalue weighted by Gasteiger charge is -2.26. The SMILES string of the molecule is CCN(C(=O)c1cc(Nc2cc(C)cc(C)c2)ncn1)C1CCS(=O)(=O)C1. The Bertz CT molecular complexity index is 939. The van der Waals surface area contributed by atoms with E-state index in [2.05, 4.69) is 21.4 Å². The first kappa shape index (κ1) is 19.3. The van der Waals surface area contributed by atoms with Crippen LogP contribution in [0.25, 0.3) is 0 Å². The molecule has 1 aliphatic rings. The van der Waals surface area contributed by atoms with Crippen LogP contribution in [0.4, 0.5) is 11.5 Å². The zero-order valence-corrected chi connectivity index (χ0v) is 16.6. The molecule has 0 aliphatic carbocycles. The summed E-state index contributed by atoms with van der Waals surface area (Å²) in [5.41, 5.74) is 3.40. The summed E-state index contributed by atoms with van der Waals surface area (Å²) >= 11 is 0. The molecule has 1 amide bonds. The summed E-state index contributed by atoms with van der Waals surface area (Å²) in [4.78, 5) is 22.8. The summed E-state index contributed by atoms with van der Waals surface area (Å²) < 4.78 is 23.5. The zero-order chi connectivity index (χ0) is 19.6. The van der Waals surface area contributed by atoms with Gasteiger partial charge in [-0.25, -0.2) is 18.4 Å². The van der Waals surface area contributed by atoms with Crippen molar-refractivity contribution in [3.8, 4) is 0 Å². The van der Waals surface area contributed by atoms with E-state index in [1.807, 2.05) is 32.9 Å². The van der Waals surface area contributed by atoms with Crippen LogP contribution in [0.15, 0.2) is 30.6 Å². The summed E-state index contributed by atoms with van der Waals surface area (Å²) in [6.07, 6.45) is 1.82. The lowest BCUT2D eigenvalue weighted by molar-refractivity contribution is 0.0702. The average molecular weight is 388 g/mol. The summed E-state index contributed by atoms with van der Waals surface area (Å²) in [6, 6.07) is 7.39. The molecule has 8 heteroatoms. The molecule has 0 spiro atoms. The minimum Gasteiger partial charge on any atom is -0.340 e. The molecule has 1 atom stereocenters. The van der Waals surface area contributed by atoms with Gasteiger partial charge in [0.2, 0.25) is 0 Å². The first-order valence-corrected chi connectivity index (χ1v) is 10.8. The summed E-state index contributed by atoms with van der Waals surface area (Å²) in [7, 11) is -3.06. The number of benzene rings is 1. The Morgan fingerprint density at radius 3 is 2.48 bits per heavy atom. The molecule has 144 valence electrons. The molecule has 1 fully saturated rings. The molecule has 0 bridgehead atoms. The Kier molecular flexibility index (Phi) is 5.46. The van der Waals surface area contributed by atoms with Gasteiger partial charge in [0.1, 0.15) is 17.8 Å². The molecule has 1 unspecified atom stereocenters. The second kappa shape index (κ2) is 7.64. The van der Waals surface area contributed by atoms with Gasteiger partial charge in [-0.2, -0.15) is 0 Å². The van der Waals surface area contributed by atoms with Crippen molar-refractivity contribution in [2.45, 2.75) is 33.2 Å². The highest BCUT2D eigenvalue weighted by molar-refractivity contribution is 7.91. The van der Waals surface area contributed by atoms with Gasteiger partial charge >= 0.3 is 0 Å². The van der Waals surface area contributed by atoms with Crippen LogP contribution in [0.3, 0.4) is 0 Å². The third kappa shape index (κ3) is 4.63. The predicted octanol–water partition coefficient (Wildman–Crippen LogP) is 2.49. The third-order valence-corrected chi connectivity index (χ3v) is 6.38. The molecule has 0 radical (unpaired) electrons. The van der Waals surface area contributed by atoms with E-state index in [0.29, 0.717) is 18.8 Å². The fourth-order valence-corrected chi connectivity index (χ4v) is 5.20. The van der Waals surface area contributed by atoms with Gasteiger partial charge in [0.05, 0.1) is 11.5 Å².